The van der Waals surface area contributed by atoms with Crippen molar-refractivity contribution >= 4 is 23.2 Å². The van der Waals surface area contributed by atoms with Crippen LogP contribution in [0.3, 0.4) is 0 Å². The number of carbonyl (C=O) groups is 1. The molecule has 0 heterocycles. The molecule has 0 bridgehead atoms. The summed E-state index contributed by atoms with van der Waals surface area (Å²) in [5.74, 6) is -0.0944. The number of rotatable bonds is 5. The third kappa shape index (κ3) is 4.31. The summed E-state index contributed by atoms with van der Waals surface area (Å²) in [6.45, 7) is 1.68. The van der Waals surface area contributed by atoms with Crippen LogP contribution in [0.1, 0.15) is 30.6 Å². The fourth-order valence-corrected chi connectivity index (χ4v) is 2.37. The van der Waals surface area contributed by atoms with Crippen molar-refractivity contribution in [1.82, 2.24) is 0 Å². The minimum absolute atomic E-state index is 0.0944. The van der Waals surface area contributed by atoms with Crippen LogP contribution in [0.4, 0.5) is 5.69 Å². The number of anilines is 1. The molecule has 2 aromatic carbocycles. The maximum absolute atomic E-state index is 12.0. The molecule has 0 saturated carbocycles. The first-order valence-electron chi connectivity index (χ1n) is 6.88. The predicted octanol–water partition coefficient (Wildman–Crippen LogP) is 3.96. The lowest BCUT2D eigenvalue weighted by atomic mass is 10.1. The number of hydrogen-bond acceptors (Lipinski definition) is 2. The first kappa shape index (κ1) is 15.5. The zero-order valence-corrected chi connectivity index (χ0v) is 12.6. The van der Waals surface area contributed by atoms with E-state index in [1.165, 1.54) is 0 Å². The fraction of sp³-hybridized carbons (Fsp3) is 0.235. The molecule has 0 radical (unpaired) electrons. The van der Waals surface area contributed by atoms with Gasteiger partial charge in [-0.3, -0.25) is 4.79 Å². The molecule has 1 amide bonds. The van der Waals surface area contributed by atoms with Gasteiger partial charge in [0.2, 0.25) is 5.91 Å². The van der Waals surface area contributed by atoms with Gasteiger partial charge >= 0.3 is 0 Å². The number of aliphatic hydroxyl groups is 1. The van der Waals surface area contributed by atoms with Gasteiger partial charge in [-0.25, -0.2) is 0 Å². The molecule has 0 saturated heterocycles. The minimum atomic E-state index is -0.620. The Morgan fingerprint density at radius 1 is 1.19 bits per heavy atom. The average molecular weight is 304 g/mol. The summed E-state index contributed by atoms with van der Waals surface area (Å²) in [7, 11) is 0. The highest BCUT2D eigenvalue weighted by molar-refractivity contribution is 6.31. The van der Waals surface area contributed by atoms with Crippen molar-refractivity contribution in [2.45, 2.75) is 25.9 Å². The molecule has 0 aliphatic rings. The molecule has 0 spiro atoms. The summed E-state index contributed by atoms with van der Waals surface area (Å²) >= 11 is 6.07. The molecule has 110 valence electrons. The van der Waals surface area contributed by atoms with Crippen molar-refractivity contribution in [3.63, 3.8) is 0 Å². The average Bonchev–Trinajstić information content (AvgIpc) is 2.47. The van der Waals surface area contributed by atoms with E-state index >= 15 is 0 Å². The fourth-order valence-electron chi connectivity index (χ4n) is 2.14. The van der Waals surface area contributed by atoms with Crippen LogP contribution in [0.25, 0.3) is 0 Å². The molecule has 0 aromatic heterocycles. The van der Waals surface area contributed by atoms with Gasteiger partial charge in [-0.15, -0.1) is 0 Å². The molecule has 4 heteroatoms. The Morgan fingerprint density at radius 3 is 2.57 bits per heavy atom. The summed E-state index contributed by atoms with van der Waals surface area (Å²) in [5, 5.41) is 13.2. The van der Waals surface area contributed by atoms with Gasteiger partial charge < -0.3 is 10.4 Å². The largest absolute Gasteiger partial charge is 0.389 e. The van der Waals surface area contributed by atoms with Gasteiger partial charge in [0.15, 0.2) is 0 Å². The Labute approximate surface area is 129 Å². The lowest BCUT2D eigenvalue weighted by Crippen LogP contribution is -2.14. The topological polar surface area (TPSA) is 49.3 Å². The number of aryl methyl sites for hydroxylation is 1. The highest BCUT2D eigenvalue weighted by atomic mass is 35.5. The predicted molar refractivity (Wildman–Crippen MR) is 85.5 cm³/mol. The van der Waals surface area contributed by atoms with E-state index < -0.39 is 6.10 Å². The second-order valence-electron chi connectivity index (χ2n) is 4.90. The molecule has 2 N–H and O–H groups in total. The van der Waals surface area contributed by atoms with Crippen LogP contribution in [0, 0.1) is 0 Å². The van der Waals surface area contributed by atoms with Gasteiger partial charge in [0, 0.05) is 22.7 Å². The summed E-state index contributed by atoms with van der Waals surface area (Å²) in [4.78, 5) is 12.0. The third-order valence-electron chi connectivity index (χ3n) is 3.26. The SMILES string of the molecule is CC(O)c1ccccc1NC(=O)CCc1ccccc1Cl. The van der Waals surface area contributed by atoms with Crippen LogP contribution in [-0.2, 0) is 11.2 Å². The Morgan fingerprint density at radius 2 is 1.86 bits per heavy atom. The third-order valence-corrected chi connectivity index (χ3v) is 3.63. The van der Waals surface area contributed by atoms with Crippen LogP contribution in [0.2, 0.25) is 5.02 Å². The van der Waals surface area contributed by atoms with Crippen molar-refractivity contribution in [2.24, 2.45) is 0 Å². The van der Waals surface area contributed by atoms with Crippen molar-refractivity contribution in [1.29, 1.82) is 0 Å². The molecular weight excluding hydrogens is 286 g/mol. The summed E-state index contributed by atoms with van der Waals surface area (Å²) in [5.41, 5.74) is 2.32. The first-order chi connectivity index (χ1) is 10.1. The van der Waals surface area contributed by atoms with Crippen molar-refractivity contribution < 1.29 is 9.90 Å². The maximum atomic E-state index is 12.0. The van der Waals surface area contributed by atoms with Crippen LogP contribution >= 0.6 is 11.6 Å². The van der Waals surface area contributed by atoms with E-state index in [9.17, 15) is 9.90 Å². The molecule has 3 nitrogen and oxygen atoms in total. The van der Waals surface area contributed by atoms with E-state index in [0.717, 1.165) is 5.56 Å². The number of amides is 1. The quantitative estimate of drug-likeness (QED) is 0.878. The summed E-state index contributed by atoms with van der Waals surface area (Å²) < 4.78 is 0. The molecule has 1 unspecified atom stereocenters. The summed E-state index contributed by atoms with van der Waals surface area (Å²) in [6.07, 6.45) is 0.310. The second kappa shape index (κ2) is 7.25. The van der Waals surface area contributed by atoms with Crippen LogP contribution in [0.15, 0.2) is 48.5 Å². The number of aliphatic hydroxyl groups excluding tert-OH is 1. The molecular formula is C17H18ClNO2. The van der Waals surface area contributed by atoms with Crippen molar-refractivity contribution in [2.75, 3.05) is 5.32 Å². The van der Waals surface area contributed by atoms with E-state index in [4.69, 9.17) is 11.6 Å². The Hall–Kier alpha value is -1.84. The van der Waals surface area contributed by atoms with Gasteiger partial charge in [0.1, 0.15) is 0 Å². The van der Waals surface area contributed by atoms with E-state index in [-0.39, 0.29) is 5.91 Å². The Bertz CT molecular complexity index is 626. The van der Waals surface area contributed by atoms with E-state index in [2.05, 4.69) is 5.32 Å². The molecule has 0 aliphatic heterocycles. The van der Waals surface area contributed by atoms with Gasteiger partial charge in [-0.2, -0.15) is 0 Å². The lowest BCUT2D eigenvalue weighted by molar-refractivity contribution is -0.116. The van der Waals surface area contributed by atoms with E-state index in [1.54, 1.807) is 19.1 Å². The molecule has 2 aromatic rings. The molecule has 21 heavy (non-hydrogen) atoms. The highest BCUT2D eigenvalue weighted by Gasteiger charge is 2.10. The van der Waals surface area contributed by atoms with E-state index in [1.807, 2.05) is 36.4 Å². The summed E-state index contributed by atoms with van der Waals surface area (Å²) in [6, 6.07) is 14.8. The highest BCUT2D eigenvalue weighted by Crippen LogP contribution is 2.23. The van der Waals surface area contributed by atoms with Crippen LogP contribution < -0.4 is 5.32 Å². The monoisotopic (exact) mass is 303 g/mol. The lowest BCUT2D eigenvalue weighted by Gasteiger charge is -2.13. The van der Waals surface area contributed by atoms with Gasteiger partial charge in [-0.05, 0) is 31.0 Å². The normalized spacial score (nSPS) is 12.0. The van der Waals surface area contributed by atoms with Crippen molar-refractivity contribution in [3.05, 3.63) is 64.7 Å². The number of benzene rings is 2. The van der Waals surface area contributed by atoms with Gasteiger partial charge in [-0.1, -0.05) is 48.0 Å². The van der Waals surface area contributed by atoms with Crippen LogP contribution in [-0.4, -0.2) is 11.0 Å². The molecule has 2 rings (SSSR count). The molecule has 0 fully saturated rings. The minimum Gasteiger partial charge on any atom is -0.389 e. The zero-order valence-electron chi connectivity index (χ0n) is 11.8. The molecule has 0 aliphatic carbocycles. The van der Waals surface area contributed by atoms with E-state index in [0.29, 0.717) is 29.1 Å². The van der Waals surface area contributed by atoms with Gasteiger partial charge in [0.25, 0.3) is 0 Å². The Balaban J connectivity index is 1.98. The smallest absolute Gasteiger partial charge is 0.224 e. The number of halogens is 1. The maximum Gasteiger partial charge on any atom is 0.224 e. The van der Waals surface area contributed by atoms with Crippen LogP contribution in [0.5, 0.6) is 0 Å². The number of carbonyl (C=O) groups excluding carboxylic acids is 1. The zero-order chi connectivity index (χ0) is 15.2. The number of nitrogens with one attached hydrogen (secondary N) is 1. The van der Waals surface area contributed by atoms with Crippen molar-refractivity contribution in [3.8, 4) is 0 Å². The number of hydrogen-bond donors (Lipinski definition) is 2. The Kier molecular flexibility index (Phi) is 5.37. The first-order valence-corrected chi connectivity index (χ1v) is 7.26. The standard InChI is InChI=1S/C17H18ClNO2/c1-12(20)14-7-3-5-9-16(14)19-17(21)11-10-13-6-2-4-8-15(13)18/h2-9,12,20H,10-11H2,1H3,(H,19,21). The number of para-hydroxylation sites is 1. The molecule has 1 atom stereocenters. The van der Waals surface area contributed by atoms with Gasteiger partial charge in [0.05, 0.1) is 6.10 Å². The second-order valence-corrected chi connectivity index (χ2v) is 5.31.